The summed E-state index contributed by atoms with van der Waals surface area (Å²) in [6, 6.07) is 5.25. The van der Waals surface area contributed by atoms with Gasteiger partial charge in [-0.05, 0) is 62.1 Å². The van der Waals surface area contributed by atoms with Crippen LogP contribution in [-0.4, -0.2) is 91.7 Å². The maximum absolute atomic E-state index is 13.7. The zero-order valence-electron chi connectivity index (χ0n) is 22.9. The summed E-state index contributed by atoms with van der Waals surface area (Å²) in [5.41, 5.74) is 0.752. The van der Waals surface area contributed by atoms with Crippen molar-refractivity contribution in [2.24, 2.45) is 17.3 Å². The number of rotatable bonds is 6. The molecule has 8 nitrogen and oxygen atoms in total. The van der Waals surface area contributed by atoms with Crippen molar-refractivity contribution >= 4 is 41.1 Å². The third-order valence-corrected chi connectivity index (χ3v) is 9.93. The number of piperidine rings is 1. The van der Waals surface area contributed by atoms with Crippen LogP contribution in [0.2, 0.25) is 10.0 Å². The van der Waals surface area contributed by atoms with Gasteiger partial charge in [0.15, 0.2) is 0 Å². The molecule has 0 unspecified atom stereocenters. The maximum atomic E-state index is 13.7. The highest BCUT2D eigenvalue weighted by atomic mass is 35.5. The second-order valence-corrected chi connectivity index (χ2v) is 12.8. The number of likely N-dealkylation sites (tertiary alicyclic amines) is 2. The molecule has 3 aliphatic heterocycles. The average molecular weight is 581 g/mol. The molecule has 1 aromatic rings. The molecule has 1 saturated carbocycles. The molecule has 5 rings (SSSR count). The second-order valence-electron chi connectivity index (χ2n) is 12.0. The van der Waals surface area contributed by atoms with Gasteiger partial charge in [0.25, 0.3) is 0 Å². The van der Waals surface area contributed by atoms with Gasteiger partial charge < -0.3 is 24.2 Å². The van der Waals surface area contributed by atoms with Crippen LogP contribution in [0.25, 0.3) is 0 Å². The molecule has 0 N–H and O–H groups in total. The molecule has 10 heteroatoms. The zero-order chi connectivity index (χ0) is 27.7. The number of carbonyl (C=O) groups is 3. The summed E-state index contributed by atoms with van der Waals surface area (Å²) in [4.78, 5) is 45.0. The van der Waals surface area contributed by atoms with Gasteiger partial charge in [-0.1, -0.05) is 36.2 Å². The number of carbonyl (C=O) groups excluding carboxylic acids is 3. The molecule has 3 saturated heterocycles. The van der Waals surface area contributed by atoms with Crippen LogP contribution < -0.4 is 0 Å². The molecule has 0 radical (unpaired) electrons. The van der Waals surface area contributed by atoms with E-state index in [1.807, 2.05) is 28.9 Å². The van der Waals surface area contributed by atoms with Crippen LogP contribution in [0.1, 0.15) is 56.9 Å². The van der Waals surface area contributed by atoms with E-state index in [0.717, 1.165) is 31.2 Å². The van der Waals surface area contributed by atoms with Gasteiger partial charge in [0.2, 0.25) is 11.8 Å². The Morgan fingerprint density at radius 2 is 1.72 bits per heavy atom. The molecule has 0 spiro atoms. The molecule has 1 aliphatic carbocycles. The fourth-order valence-electron chi connectivity index (χ4n) is 6.14. The van der Waals surface area contributed by atoms with Gasteiger partial charge in [-0.15, -0.1) is 0 Å². The predicted octanol–water partition coefficient (Wildman–Crippen LogP) is 4.82. The number of hydrogen-bond acceptors (Lipinski definition) is 5. The number of amides is 3. The summed E-state index contributed by atoms with van der Waals surface area (Å²) >= 11 is 12.5. The highest BCUT2D eigenvalue weighted by Crippen LogP contribution is 2.47. The van der Waals surface area contributed by atoms with E-state index in [9.17, 15) is 14.4 Å². The number of likely N-dealkylation sites (N-methyl/N-ethyl adjacent to an activating group) is 1. The minimum atomic E-state index is -0.383. The van der Waals surface area contributed by atoms with Gasteiger partial charge in [-0.2, -0.15) is 0 Å². The number of benzene rings is 1. The predicted molar refractivity (Wildman–Crippen MR) is 149 cm³/mol. The van der Waals surface area contributed by atoms with Crippen molar-refractivity contribution in [3.05, 3.63) is 33.8 Å². The molecule has 2 atom stereocenters. The molecule has 214 valence electrons. The summed E-state index contributed by atoms with van der Waals surface area (Å²) in [6.45, 7) is 5.95. The van der Waals surface area contributed by atoms with Crippen LogP contribution in [0.3, 0.4) is 0 Å². The van der Waals surface area contributed by atoms with E-state index in [0.29, 0.717) is 74.8 Å². The second kappa shape index (κ2) is 11.8. The molecule has 0 bridgehead atoms. The first-order valence-electron chi connectivity index (χ1n) is 14.2. The highest BCUT2D eigenvalue weighted by Gasteiger charge is 2.48. The van der Waals surface area contributed by atoms with E-state index in [-0.39, 0.29) is 41.2 Å². The summed E-state index contributed by atoms with van der Waals surface area (Å²) in [5.74, 6) is 0.385. The van der Waals surface area contributed by atoms with Crippen molar-refractivity contribution in [3.63, 3.8) is 0 Å². The van der Waals surface area contributed by atoms with Crippen molar-refractivity contribution in [1.82, 2.24) is 14.7 Å². The van der Waals surface area contributed by atoms with Crippen LogP contribution in [0, 0.1) is 17.3 Å². The fraction of sp³-hybridized carbons (Fsp3) is 0.690. The molecular weight excluding hydrogens is 541 g/mol. The largest absolute Gasteiger partial charge is 0.449 e. The van der Waals surface area contributed by atoms with Crippen LogP contribution in [-0.2, 0) is 19.1 Å². The third-order valence-electron chi connectivity index (χ3n) is 9.19. The number of ether oxygens (including phenoxy) is 2. The Balaban J connectivity index is 1.25. The van der Waals surface area contributed by atoms with Crippen molar-refractivity contribution in [1.29, 1.82) is 0 Å². The van der Waals surface area contributed by atoms with Gasteiger partial charge in [0.1, 0.15) is 0 Å². The smallest absolute Gasteiger partial charge is 0.409 e. The number of halogens is 2. The quantitative estimate of drug-likeness (QED) is 0.482. The maximum Gasteiger partial charge on any atom is 0.409 e. The van der Waals surface area contributed by atoms with Crippen LogP contribution in [0.15, 0.2) is 18.2 Å². The molecule has 4 aliphatic rings. The molecule has 0 aromatic heterocycles. The Morgan fingerprint density at radius 1 is 1.03 bits per heavy atom. The van der Waals surface area contributed by atoms with Crippen molar-refractivity contribution in [2.45, 2.75) is 57.4 Å². The molecule has 1 aromatic carbocycles. The Bertz CT molecular complexity index is 1080. The normalized spacial score (nSPS) is 25.4. The van der Waals surface area contributed by atoms with Crippen LogP contribution in [0.5, 0.6) is 0 Å². The Kier molecular flexibility index (Phi) is 8.65. The fourth-order valence-corrected chi connectivity index (χ4v) is 6.45. The highest BCUT2D eigenvalue weighted by molar-refractivity contribution is 6.42. The minimum Gasteiger partial charge on any atom is -0.449 e. The average Bonchev–Trinajstić information content (AvgIpc) is 3.56. The minimum absolute atomic E-state index is 0.0938. The molecule has 4 fully saturated rings. The van der Waals surface area contributed by atoms with Gasteiger partial charge in [-0.3, -0.25) is 9.59 Å². The monoisotopic (exact) mass is 579 g/mol. The number of nitrogens with zero attached hydrogens (tertiary/aromatic N) is 3. The van der Waals surface area contributed by atoms with Crippen LogP contribution >= 0.6 is 23.2 Å². The van der Waals surface area contributed by atoms with Gasteiger partial charge in [0, 0.05) is 63.7 Å². The summed E-state index contributed by atoms with van der Waals surface area (Å²) < 4.78 is 11.1. The van der Waals surface area contributed by atoms with E-state index in [1.165, 1.54) is 0 Å². The zero-order valence-corrected chi connectivity index (χ0v) is 24.4. The third kappa shape index (κ3) is 6.33. The Hall–Kier alpha value is -2.03. The first kappa shape index (κ1) is 28.5. The lowest BCUT2D eigenvalue weighted by Crippen LogP contribution is -2.46. The first-order valence-corrected chi connectivity index (χ1v) is 14.9. The molecule has 39 heavy (non-hydrogen) atoms. The lowest BCUT2D eigenvalue weighted by Gasteiger charge is -2.34. The van der Waals surface area contributed by atoms with Crippen molar-refractivity contribution in [2.75, 3.05) is 53.0 Å². The lowest BCUT2D eigenvalue weighted by molar-refractivity contribution is -0.142. The van der Waals surface area contributed by atoms with E-state index >= 15 is 0 Å². The standard InChI is InChI=1S/C29H39Cl2N3O5/c1-29(9-10-29)27(36)33-11-5-20(6-12-33)26(35)34-16-22(21-3-4-23(30)24(31)15-21)25(17-34)32(2)28(37)39-18-19-7-13-38-14-8-19/h3-4,15,19-20,22,25H,5-14,16-18H2,1-2H3/t22-,25+/m1/s1. The molecular formula is C29H39Cl2N3O5. The van der Waals surface area contributed by atoms with Gasteiger partial charge in [0.05, 0.1) is 22.7 Å². The van der Waals surface area contributed by atoms with Gasteiger partial charge >= 0.3 is 6.09 Å². The van der Waals surface area contributed by atoms with Crippen molar-refractivity contribution in [3.8, 4) is 0 Å². The van der Waals surface area contributed by atoms with E-state index in [1.54, 1.807) is 18.0 Å². The molecule has 3 amide bonds. The topological polar surface area (TPSA) is 79.4 Å². The Labute approximate surface area is 240 Å². The van der Waals surface area contributed by atoms with Crippen LogP contribution in [0.4, 0.5) is 4.79 Å². The van der Waals surface area contributed by atoms with Gasteiger partial charge in [-0.25, -0.2) is 4.79 Å². The lowest BCUT2D eigenvalue weighted by atomic mass is 9.93. The van der Waals surface area contributed by atoms with E-state index in [4.69, 9.17) is 32.7 Å². The van der Waals surface area contributed by atoms with E-state index in [2.05, 4.69) is 0 Å². The number of hydrogen-bond donors (Lipinski definition) is 0. The SMILES string of the molecule is CN(C(=O)OCC1CCOCC1)[C@H]1CN(C(=O)C2CCN(C(=O)C3(C)CC3)CC2)C[C@@H]1c1ccc(Cl)c(Cl)c1. The summed E-state index contributed by atoms with van der Waals surface area (Å²) in [6.07, 6.45) is 4.65. The molecule has 3 heterocycles. The Morgan fingerprint density at radius 3 is 2.36 bits per heavy atom. The first-order chi connectivity index (χ1) is 18.7. The summed E-state index contributed by atoms with van der Waals surface area (Å²) in [7, 11) is 1.75. The van der Waals surface area contributed by atoms with Crippen molar-refractivity contribution < 1.29 is 23.9 Å². The summed E-state index contributed by atoms with van der Waals surface area (Å²) in [5, 5.41) is 0.914. The van der Waals surface area contributed by atoms with E-state index < -0.39 is 0 Å².